The molecule has 3 atom stereocenters. The Balaban J connectivity index is 1.28. The molecular formula is C25H31BrFN5O2. The Morgan fingerprint density at radius 1 is 1.26 bits per heavy atom. The van der Waals surface area contributed by atoms with Crippen molar-refractivity contribution >= 4 is 27.7 Å². The third kappa shape index (κ3) is 4.83. The molecule has 0 bridgehead atoms. The van der Waals surface area contributed by atoms with Gasteiger partial charge in [-0.05, 0) is 71.3 Å². The lowest BCUT2D eigenvalue weighted by molar-refractivity contribution is -0.133. The highest BCUT2D eigenvalue weighted by Gasteiger charge is 2.35. The molecule has 2 fully saturated rings. The molecule has 7 nitrogen and oxygen atoms in total. The first-order chi connectivity index (χ1) is 16.4. The van der Waals surface area contributed by atoms with Crippen LogP contribution in [0.2, 0.25) is 0 Å². The van der Waals surface area contributed by atoms with Crippen molar-refractivity contribution in [3.8, 4) is 0 Å². The van der Waals surface area contributed by atoms with Gasteiger partial charge in [0.15, 0.2) is 0 Å². The second-order valence-corrected chi connectivity index (χ2v) is 10.6. The van der Waals surface area contributed by atoms with E-state index in [-0.39, 0.29) is 17.6 Å². The van der Waals surface area contributed by atoms with Crippen molar-refractivity contribution < 1.29 is 14.3 Å². The molecule has 5 rings (SSSR count). The predicted octanol–water partition coefficient (Wildman–Crippen LogP) is 3.35. The van der Waals surface area contributed by atoms with Gasteiger partial charge in [0.2, 0.25) is 5.91 Å². The summed E-state index contributed by atoms with van der Waals surface area (Å²) in [4.78, 5) is 26.5. The molecule has 1 saturated heterocycles. The summed E-state index contributed by atoms with van der Waals surface area (Å²) in [6.07, 6.45) is 4.13. The number of aliphatic hydroxyl groups is 1. The van der Waals surface area contributed by atoms with Crippen LogP contribution in [0.5, 0.6) is 0 Å². The van der Waals surface area contributed by atoms with Crippen molar-refractivity contribution in [1.29, 1.82) is 0 Å². The maximum atomic E-state index is 14.3. The first-order valence-electron chi connectivity index (χ1n) is 12.1. The van der Waals surface area contributed by atoms with Gasteiger partial charge in [-0.25, -0.2) is 14.4 Å². The Kier molecular flexibility index (Phi) is 6.86. The lowest BCUT2D eigenvalue weighted by Crippen LogP contribution is -2.51. The number of nitrogens with one attached hydrogen (secondary N) is 1. The van der Waals surface area contributed by atoms with Gasteiger partial charge in [-0.3, -0.25) is 4.79 Å². The molecule has 1 amide bonds. The van der Waals surface area contributed by atoms with Gasteiger partial charge >= 0.3 is 0 Å². The van der Waals surface area contributed by atoms with E-state index in [9.17, 15) is 14.3 Å². The highest BCUT2D eigenvalue weighted by Crippen LogP contribution is 2.42. The number of carbonyl (C=O) groups excluding carboxylic acids is 1. The molecule has 9 heteroatoms. The monoisotopic (exact) mass is 531 g/mol. The number of halogens is 2. The Hall–Kier alpha value is -2.10. The Morgan fingerprint density at radius 3 is 2.74 bits per heavy atom. The zero-order valence-electron chi connectivity index (χ0n) is 19.4. The van der Waals surface area contributed by atoms with Crippen molar-refractivity contribution in [1.82, 2.24) is 20.2 Å². The van der Waals surface area contributed by atoms with E-state index in [1.807, 2.05) is 11.0 Å². The van der Waals surface area contributed by atoms with Crippen LogP contribution in [0.1, 0.15) is 60.9 Å². The zero-order chi connectivity index (χ0) is 23.8. The molecule has 182 valence electrons. The number of fused-ring (bicyclic) bond motifs is 1. The summed E-state index contributed by atoms with van der Waals surface area (Å²) in [7, 11) is 0. The molecule has 2 heterocycles. The van der Waals surface area contributed by atoms with E-state index < -0.39 is 12.0 Å². The van der Waals surface area contributed by atoms with Gasteiger partial charge in [0, 0.05) is 38.3 Å². The largest absolute Gasteiger partial charge is 0.387 e. The predicted molar refractivity (Wildman–Crippen MR) is 131 cm³/mol. The molecule has 3 aliphatic rings. The molecular weight excluding hydrogens is 501 g/mol. The fourth-order valence-corrected chi connectivity index (χ4v) is 5.39. The van der Waals surface area contributed by atoms with Gasteiger partial charge in [0.1, 0.15) is 18.0 Å². The number of nitrogens with zero attached hydrogens (tertiary/aromatic N) is 4. The molecule has 2 aromatic rings. The Morgan fingerprint density at radius 2 is 2.03 bits per heavy atom. The second-order valence-electron chi connectivity index (χ2n) is 9.79. The van der Waals surface area contributed by atoms with Crippen LogP contribution in [0, 0.1) is 11.7 Å². The number of aromatic nitrogens is 2. The number of aliphatic hydroxyl groups excluding tert-OH is 1. The molecule has 34 heavy (non-hydrogen) atoms. The average molecular weight is 532 g/mol. The van der Waals surface area contributed by atoms with Gasteiger partial charge in [-0.15, -0.1) is 0 Å². The molecule has 2 N–H and O–H groups in total. The summed E-state index contributed by atoms with van der Waals surface area (Å²) in [5, 5.41) is 13.7. The summed E-state index contributed by atoms with van der Waals surface area (Å²) < 4.78 is 14.7. The Labute approximate surface area is 207 Å². The van der Waals surface area contributed by atoms with Crippen LogP contribution in [0.25, 0.3) is 0 Å². The van der Waals surface area contributed by atoms with E-state index in [1.54, 1.807) is 6.07 Å². The summed E-state index contributed by atoms with van der Waals surface area (Å²) in [5.41, 5.74) is 2.46. The first-order valence-corrected chi connectivity index (χ1v) is 12.9. The molecule has 1 aromatic carbocycles. The summed E-state index contributed by atoms with van der Waals surface area (Å²) in [5.74, 6) is 1.04. The molecule has 2 aliphatic carbocycles. The lowest BCUT2D eigenvalue weighted by atomic mass is 9.96. The maximum absolute atomic E-state index is 14.3. The van der Waals surface area contributed by atoms with E-state index in [0.29, 0.717) is 55.1 Å². The van der Waals surface area contributed by atoms with E-state index in [1.165, 1.54) is 25.2 Å². The van der Waals surface area contributed by atoms with Gasteiger partial charge in [0.05, 0.1) is 22.2 Å². The van der Waals surface area contributed by atoms with Crippen LogP contribution in [0.4, 0.5) is 10.2 Å². The van der Waals surface area contributed by atoms with Crippen molar-refractivity contribution in [2.24, 2.45) is 5.92 Å². The highest BCUT2D eigenvalue weighted by molar-refractivity contribution is 9.10. The molecule has 1 saturated carbocycles. The standard InChI is InChI=1S/C25H31BrFN5O2/c1-15-10-21(33)23-22(15)24(30-14-29-23)31-6-8-32(9-7-31)25(34)18(13-28-12-16-2-3-16)17-4-5-19(26)20(27)11-17/h4-5,11,14-16,18,21,28,33H,2-3,6-10,12-13H2,1H3/t15-,18-,21+/m1/s1. The third-order valence-electron chi connectivity index (χ3n) is 7.29. The first kappa shape index (κ1) is 23.6. The van der Waals surface area contributed by atoms with Gasteiger partial charge in [-0.2, -0.15) is 0 Å². The van der Waals surface area contributed by atoms with E-state index >= 15 is 0 Å². The number of anilines is 1. The summed E-state index contributed by atoms with van der Waals surface area (Å²) in [6.45, 7) is 5.98. The number of hydrogen-bond donors (Lipinski definition) is 2. The number of carbonyl (C=O) groups is 1. The van der Waals surface area contributed by atoms with E-state index in [4.69, 9.17) is 0 Å². The van der Waals surface area contributed by atoms with E-state index in [2.05, 4.69) is 43.0 Å². The van der Waals surface area contributed by atoms with Gasteiger partial charge in [-0.1, -0.05) is 13.0 Å². The normalized spacial score (nSPS) is 23.2. The van der Waals surface area contributed by atoms with Crippen LogP contribution in [-0.2, 0) is 4.79 Å². The van der Waals surface area contributed by atoms with Crippen LogP contribution >= 0.6 is 15.9 Å². The van der Waals surface area contributed by atoms with Crippen LogP contribution in [-0.4, -0.2) is 65.2 Å². The smallest absolute Gasteiger partial charge is 0.231 e. The minimum atomic E-state index is -0.537. The highest BCUT2D eigenvalue weighted by atomic mass is 79.9. The lowest BCUT2D eigenvalue weighted by Gasteiger charge is -2.38. The minimum absolute atomic E-state index is 0.0291. The van der Waals surface area contributed by atoms with Crippen molar-refractivity contribution in [2.75, 3.05) is 44.2 Å². The maximum Gasteiger partial charge on any atom is 0.231 e. The number of piperazine rings is 1. The fourth-order valence-electron chi connectivity index (χ4n) is 5.14. The van der Waals surface area contributed by atoms with Crippen molar-refractivity contribution in [3.63, 3.8) is 0 Å². The SMILES string of the molecule is C[C@@H]1C[C@H](O)c2ncnc(N3CCN(C(=O)[C@H](CNCC4CC4)c4ccc(Br)c(F)c4)CC3)c21. The summed E-state index contributed by atoms with van der Waals surface area (Å²) in [6, 6.07) is 4.98. The van der Waals surface area contributed by atoms with Crippen molar-refractivity contribution in [3.05, 3.63) is 51.6 Å². The zero-order valence-corrected chi connectivity index (χ0v) is 21.0. The molecule has 0 spiro atoms. The molecule has 1 aliphatic heterocycles. The van der Waals surface area contributed by atoms with Crippen LogP contribution < -0.4 is 10.2 Å². The minimum Gasteiger partial charge on any atom is -0.387 e. The average Bonchev–Trinajstić information content (AvgIpc) is 3.62. The van der Waals surface area contributed by atoms with Gasteiger partial charge in [0.25, 0.3) is 0 Å². The third-order valence-corrected chi connectivity index (χ3v) is 7.94. The second kappa shape index (κ2) is 9.87. The topological polar surface area (TPSA) is 81.6 Å². The molecule has 0 unspecified atom stereocenters. The molecule has 0 radical (unpaired) electrons. The number of hydrogen-bond acceptors (Lipinski definition) is 6. The van der Waals surface area contributed by atoms with Crippen LogP contribution in [0.3, 0.4) is 0 Å². The quantitative estimate of drug-likeness (QED) is 0.570. The van der Waals surface area contributed by atoms with Crippen molar-refractivity contribution in [2.45, 2.75) is 44.1 Å². The van der Waals surface area contributed by atoms with Gasteiger partial charge < -0.3 is 20.2 Å². The Bertz CT molecular complexity index is 1060. The number of amides is 1. The van der Waals surface area contributed by atoms with E-state index in [0.717, 1.165) is 23.6 Å². The number of rotatable bonds is 7. The fraction of sp³-hybridized carbons (Fsp3) is 0.560. The number of benzene rings is 1. The summed E-state index contributed by atoms with van der Waals surface area (Å²) >= 11 is 3.21. The van der Waals surface area contributed by atoms with Crippen LogP contribution in [0.15, 0.2) is 29.0 Å². The molecule has 1 aromatic heterocycles.